The third kappa shape index (κ3) is 4.66. The van der Waals surface area contributed by atoms with Crippen LogP contribution in [0.3, 0.4) is 0 Å². The molecule has 0 radical (unpaired) electrons. The summed E-state index contributed by atoms with van der Waals surface area (Å²) in [4.78, 5) is 22.8. The number of hydrogen-bond acceptors (Lipinski definition) is 4. The zero-order valence-corrected chi connectivity index (χ0v) is 14.8. The first kappa shape index (κ1) is 17.6. The summed E-state index contributed by atoms with van der Waals surface area (Å²) in [6.45, 7) is 4.24. The number of rotatable bonds is 7. The van der Waals surface area contributed by atoms with Gasteiger partial charge in [0.2, 0.25) is 0 Å². The quantitative estimate of drug-likeness (QED) is 0.712. The number of benzene rings is 1. The number of carbonyl (C=O) groups is 1. The second kappa shape index (κ2) is 8.76. The summed E-state index contributed by atoms with van der Waals surface area (Å²) in [5.41, 5.74) is 3.67. The Morgan fingerprint density at radius 1 is 1.00 bits per heavy atom. The van der Waals surface area contributed by atoms with Crippen LogP contribution in [0.4, 0.5) is 5.69 Å². The van der Waals surface area contributed by atoms with Crippen LogP contribution in [-0.4, -0.2) is 22.4 Å². The van der Waals surface area contributed by atoms with E-state index in [1.807, 2.05) is 36.4 Å². The first-order chi connectivity index (χ1) is 12.8. The number of aromatic nitrogens is 2. The molecule has 0 atom stereocenters. The van der Waals surface area contributed by atoms with Crippen LogP contribution < -0.4 is 10.2 Å². The minimum atomic E-state index is -0.181. The van der Waals surface area contributed by atoms with E-state index in [1.54, 1.807) is 24.7 Å². The fourth-order valence-corrected chi connectivity index (χ4v) is 2.67. The molecule has 132 valence electrons. The zero-order valence-electron chi connectivity index (χ0n) is 14.8. The summed E-state index contributed by atoms with van der Waals surface area (Å²) < 4.78 is 0. The summed E-state index contributed by atoms with van der Waals surface area (Å²) in [5, 5.41) is 2.87. The van der Waals surface area contributed by atoms with Crippen molar-refractivity contribution in [2.45, 2.75) is 20.0 Å². The van der Waals surface area contributed by atoms with Gasteiger partial charge >= 0.3 is 0 Å². The highest BCUT2D eigenvalue weighted by molar-refractivity contribution is 5.92. The molecule has 26 heavy (non-hydrogen) atoms. The molecule has 0 aliphatic carbocycles. The molecule has 5 heteroatoms. The molecule has 5 nitrogen and oxygen atoms in total. The molecule has 0 bridgehead atoms. The van der Waals surface area contributed by atoms with E-state index in [4.69, 9.17) is 0 Å². The lowest BCUT2D eigenvalue weighted by Crippen LogP contribution is -2.25. The van der Waals surface area contributed by atoms with Gasteiger partial charge in [-0.15, -0.1) is 0 Å². The fraction of sp³-hybridized carbons (Fsp3) is 0.190. The third-order valence-electron chi connectivity index (χ3n) is 4.15. The molecule has 0 saturated carbocycles. The van der Waals surface area contributed by atoms with E-state index in [1.165, 1.54) is 5.56 Å². The summed E-state index contributed by atoms with van der Waals surface area (Å²) in [5.74, 6) is -0.181. The number of pyridine rings is 2. The average Bonchev–Trinajstić information content (AvgIpc) is 2.72. The van der Waals surface area contributed by atoms with Gasteiger partial charge in [-0.05, 0) is 42.3 Å². The molecule has 1 aromatic carbocycles. The largest absolute Gasteiger partial charge is 0.366 e. The molecular weight excluding hydrogens is 324 g/mol. The van der Waals surface area contributed by atoms with Crippen molar-refractivity contribution in [1.29, 1.82) is 0 Å². The predicted molar refractivity (Wildman–Crippen MR) is 103 cm³/mol. The molecule has 3 aromatic rings. The van der Waals surface area contributed by atoms with Crippen LogP contribution in [0.5, 0.6) is 0 Å². The Morgan fingerprint density at radius 2 is 1.77 bits per heavy atom. The number of carbonyl (C=O) groups excluding carboxylic acids is 1. The SMILES string of the molecule is CCN(Cc1ccccc1)c1ccc(C(=O)NCc2ccncc2)nc1. The molecule has 1 N–H and O–H groups in total. The van der Waals surface area contributed by atoms with E-state index >= 15 is 0 Å². The minimum Gasteiger partial charge on any atom is -0.366 e. The molecule has 0 saturated heterocycles. The topological polar surface area (TPSA) is 58.1 Å². The number of amides is 1. The van der Waals surface area contributed by atoms with Crippen molar-refractivity contribution in [2.75, 3.05) is 11.4 Å². The molecule has 2 aromatic heterocycles. The predicted octanol–water partition coefficient (Wildman–Crippen LogP) is 3.43. The Labute approximate surface area is 153 Å². The number of anilines is 1. The van der Waals surface area contributed by atoms with Crippen molar-refractivity contribution < 1.29 is 4.79 Å². The molecule has 3 rings (SSSR count). The van der Waals surface area contributed by atoms with Crippen molar-refractivity contribution in [1.82, 2.24) is 15.3 Å². The molecule has 0 spiro atoms. The second-order valence-electron chi connectivity index (χ2n) is 5.94. The van der Waals surface area contributed by atoms with Crippen LogP contribution in [-0.2, 0) is 13.1 Å². The van der Waals surface area contributed by atoms with Crippen LogP contribution in [0.25, 0.3) is 0 Å². The maximum absolute atomic E-state index is 12.3. The smallest absolute Gasteiger partial charge is 0.270 e. The van der Waals surface area contributed by atoms with E-state index in [9.17, 15) is 4.79 Å². The Balaban J connectivity index is 1.62. The highest BCUT2D eigenvalue weighted by Crippen LogP contribution is 2.16. The van der Waals surface area contributed by atoms with E-state index in [2.05, 4.69) is 39.2 Å². The fourth-order valence-electron chi connectivity index (χ4n) is 2.67. The van der Waals surface area contributed by atoms with Gasteiger partial charge in [0.15, 0.2) is 0 Å². The van der Waals surface area contributed by atoms with E-state index in [-0.39, 0.29) is 5.91 Å². The van der Waals surface area contributed by atoms with Crippen molar-refractivity contribution in [3.05, 3.63) is 90.0 Å². The number of hydrogen-bond donors (Lipinski definition) is 1. The lowest BCUT2D eigenvalue weighted by atomic mass is 10.2. The van der Waals surface area contributed by atoms with Gasteiger partial charge in [-0.3, -0.25) is 9.78 Å². The van der Waals surface area contributed by atoms with Gasteiger partial charge in [-0.25, -0.2) is 4.98 Å². The molecule has 2 heterocycles. The Bertz CT molecular complexity index is 820. The van der Waals surface area contributed by atoms with E-state index in [0.29, 0.717) is 12.2 Å². The lowest BCUT2D eigenvalue weighted by Gasteiger charge is -2.23. The van der Waals surface area contributed by atoms with Gasteiger partial charge < -0.3 is 10.2 Å². The summed E-state index contributed by atoms with van der Waals surface area (Å²) >= 11 is 0. The minimum absolute atomic E-state index is 0.181. The Kier molecular flexibility index (Phi) is 5.93. The molecule has 0 unspecified atom stereocenters. The standard InChI is InChI=1S/C21H22N4O/c1-2-25(16-18-6-4-3-5-7-18)19-8-9-20(23-15-19)21(26)24-14-17-10-12-22-13-11-17/h3-13,15H,2,14,16H2,1H3,(H,24,26). The maximum Gasteiger partial charge on any atom is 0.270 e. The maximum atomic E-state index is 12.3. The van der Waals surface area contributed by atoms with E-state index in [0.717, 1.165) is 24.3 Å². The third-order valence-corrected chi connectivity index (χ3v) is 4.15. The van der Waals surface area contributed by atoms with Gasteiger partial charge in [-0.1, -0.05) is 30.3 Å². The first-order valence-electron chi connectivity index (χ1n) is 8.68. The Hall–Kier alpha value is -3.21. The van der Waals surface area contributed by atoms with Crippen LogP contribution in [0, 0.1) is 0 Å². The second-order valence-corrected chi connectivity index (χ2v) is 5.94. The highest BCUT2D eigenvalue weighted by Gasteiger charge is 2.10. The average molecular weight is 346 g/mol. The Morgan fingerprint density at radius 3 is 2.42 bits per heavy atom. The van der Waals surface area contributed by atoms with Gasteiger partial charge in [0.05, 0.1) is 11.9 Å². The van der Waals surface area contributed by atoms with Crippen LogP contribution in [0.1, 0.15) is 28.5 Å². The zero-order chi connectivity index (χ0) is 18.2. The van der Waals surface area contributed by atoms with Crippen LogP contribution >= 0.6 is 0 Å². The highest BCUT2D eigenvalue weighted by atomic mass is 16.1. The summed E-state index contributed by atoms with van der Waals surface area (Å²) in [6, 6.07) is 17.8. The van der Waals surface area contributed by atoms with Gasteiger partial charge in [0.25, 0.3) is 5.91 Å². The lowest BCUT2D eigenvalue weighted by molar-refractivity contribution is 0.0946. The number of nitrogens with zero attached hydrogens (tertiary/aromatic N) is 3. The van der Waals surface area contributed by atoms with Crippen molar-refractivity contribution in [2.24, 2.45) is 0 Å². The molecule has 0 fully saturated rings. The molecule has 1 amide bonds. The number of nitrogens with one attached hydrogen (secondary N) is 1. The van der Waals surface area contributed by atoms with Crippen molar-refractivity contribution >= 4 is 11.6 Å². The summed E-state index contributed by atoms with van der Waals surface area (Å²) in [7, 11) is 0. The van der Waals surface area contributed by atoms with Gasteiger partial charge in [0, 0.05) is 32.0 Å². The van der Waals surface area contributed by atoms with Gasteiger partial charge in [-0.2, -0.15) is 0 Å². The van der Waals surface area contributed by atoms with Crippen LogP contribution in [0.2, 0.25) is 0 Å². The molecular formula is C21H22N4O. The molecule has 0 aliphatic rings. The summed E-state index contributed by atoms with van der Waals surface area (Å²) in [6.07, 6.45) is 5.18. The van der Waals surface area contributed by atoms with E-state index < -0.39 is 0 Å². The van der Waals surface area contributed by atoms with Crippen molar-refractivity contribution in [3.63, 3.8) is 0 Å². The van der Waals surface area contributed by atoms with Crippen LogP contribution in [0.15, 0.2) is 73.2 Å². The first-order valence-corrected chi connectivity index (χ1v) is 8.68. The van der Waals surface area contributed by atoms with Gasteiger partial charge in [0.1, 0.15) is 5.69 Å². The normalized spacial score (nSPS) is 10.3. The molecule has 0 aliphatic heterocycles. The van der Waals surface area contributed by atoms with Crippen molar-refractivity contribution in [3.8, 4) is 0 Å². The monoisotopic (exact) mass is 346 g/mol.